The summed E-state index contributed by atoms with van der Waals surface area (Å²) in [7, 11) is -7.11. The Hall–Kier alpha value is -2.43. The van der Waals surface area contributed by atoms with Crippen LogP contribution in [0.2, 0.25) is 0 Å². The molecule has 0 aliphatic carbocycles. The molecule has 2 saturated heterocycles. The van der Waals surface area contributed by atoms with Crippen LogP contribution in [0.25, 0.3) is 0 Å². The van der Waals surface area contributed by atoms with Crippen LogP contribution in [0.5, 0.6) is 0 Å². The predicted octanol–water partition coefficient (Wildman–Crippen LogP) is 2.63. The van der Waals surface area contributed by atoms with Gasteiger partial charge in [0, 0.05) is 30.8 Å². The Labute approximate surface area is 206 Å². The van der Waals surface area contributed by atoms with E-state index in [0.717, 1.165) is 18.4 Å². The van der Waals surface area contributed by atoms with Gasteiger partial charge in [-0.15, -0.1) is 0 Å². The number of amides is 1. The van der Waals surface area contributed by atoms with Crippen molar-refractivity contribution in [1.29, 1.82) is 0 Å². The van der Waals surface area contributed by atoms with E-state index in [1.54, 1.807) is 23.1 Å². The lowest BCUT2D eigenvalue weighted by Gasteiger charge is -2.31. The third kappa shape index (κ3) is 4.71. The summed E-state index contributed by atoms with van der Waals surface area (Å²) in [6, 6.07) is 12.8. The molecule has 10 heteroatoms. The van der Waals surface area contributed by atoms with Crippen LogP contribution in [0.1, 0.15) is 42.1 Å². The number of carbonyl (C=O) groups is 1. The van der Waals surface area contributed by atoms with Gasteiger partial charge in [-0.05, 0) is 62.4 Å². The minimum atomic E-state index is -3.90. The Morgan fingerprint density at radius 3 is 2.66 bits per heavy atom. The maximum Gasteiger partial charge on any atom is 0.264 e. The van der Waals surface area contributed by atoms with Crippen molar-refractivity contribution in [1.82, 2.24) is 4.90 Å². The molecule has 3 atom stereocenters. The van der Waals surface area contributed by atoms with E-state index in [0.29, 0.717) is 31.7 Å². The number of rotatable bonds is 6. The van der Waals surface area contributed by atoms with E-state index in [-0.39, 0.29) is 40.0 Å². The molecule has 0 aromatic heterocycles. The van der Waals surface area contributed by atoms with Gasteiger partial charge in [-0.2, -0.15) is 0 Å². The number of carbonyl (C=O) groups excluding carboxylic acids is 1. The Bertz CT molecular complexity index is 1340. The highest BCUT2D eigenvalue weighted by molar-refractivity contribution is 7.93. The molecule has 1 amide bonds. The molecule has 0 bridgehead atoms. The number of nitrogens with zero attached hydrogens (tertiary/aromatic N) is 2. The molecule has 2 fully saturated rings. The van der Waals surface area contributed by atoms with Crippen molar-refractivity contribution < 1.29 is 26.4 Å². The summed E-state index contributed by atoms with van der Waals surface area (Å²) in [4.78, 5) is 15.3. The number of para-hydroxylation sites is 1. The molecule has 3 aliphatic rings. The first-order valence-corrected chi connectivity index (χ1v) is 15.3. The van der Waals surface area contributed by atoms with Crippen LogP contribution in [-0.2, 0) is 31.0 Å². The summed E-state index contributed by atoms with van der Waals surface area (Å²) >= 11 is 0. The minimum Gasteiger partial charge on any atom is -0.376 e. The van der Waals surface area contributed by atoms with Crippen LogP contribution < -0.4 is 4.31 Å². The van der Waals surface area contributed by atoms with Crippen molar-refractivity contribution in [3.63, 3.8) is 0 Å². The lowest BCUT2D eigenvalue weighted by Crippen LogP contribution is -2.45. The standard InChI is InChI=1S/C25H30N2O6S2/c1-18-14-19-6-2-3-10-24(19)27(18)35(31,32)23-9-4-7-20(15-23)25(28)26(16-22-8-5-12-33-22)21-11-13-34(29,30)17-21/h2-4,6-7,9-10,15,18,21-22H,5,8,11-14,16-17H2,1H3. The van der Waals surface area contributed by atoms with Crippen molar-refractivity contribution in [2.75, 3.05) is 29.0 Å². The number of hydrogen-bond acceptors (Lipinski definition) is 6. The van der Waals surface area contributed by atoms with E-state index in [1.165, 1.54) is 16.4 Å². The van der Waals surface area contributed by atoms with Crippen molar-refractivity contribution in [2.45, 2.75) is 55.7 Å². The van der Waals surface area contributed by atoms with Gasteiger partial charge >= 0.3 is 0 Å². The second-order valence-electron chi connectivity index (χ2n) is 9.66. The van der Waals surface area contributed by atoms with Crippen LogP contribution in [0, 0.1) is 0 Å². The smallest absolute Gasteiger partial charge is 0.264 e. The first kappa shape index (κ1) is 24.3. The van der Waals surface area contributed by atoms with E-state index < -0.39 is 25.9 Å². The SMILES string of the molecule is CC1Cc2ccccc2N1S(=O)(=O)c1cccc(C(=O)N(CC2CCCO2)C2CCS(=O)(=O)C2)c1. The Kier molecular flexibility index (Phi) is 6.39. The second kappa shape index (κ2) is 9.22. The highest BCUT2D eigenvalue weighted by atomic mass is 32.2. The monoisotopic (exact) mass is 518 g/mol. The number of benzene rings is 2. The number of sulfonamides is 1. The van der Waals surface area contributed by atoms with Crippen LogP contribution in [0.15, 0.2) is 53.4 Å². The van der Waals surface area contributed by atoms with Gasteiger partial charge in [0.05, 0.1) is 28.2 Å². The number of sulfone groups is 1. The highest BCUT2D eigenvalue weighted by Crippen LogP contribution is 2.36. The van der Waals surface area contributed by atoms with Gasteiger partial charge in [0.1, 0.15) is 0 Å². The van der Waals surface area contributed by atoms with E-state index >= 15 is 0 Å². The van der Waals surface area contributed by atoms with Gasteiger partial charge in [0.25, 0.3) is 15.9 Å². The van der Waals surface area contributed by atoms with Crippen LogP contribution in [0.4, 0.5) is 5.69 Å². The second-order valence-corrected chi connectivity index (χ2v) is 13.7. The largest absolute Gasteiger partial charge is 0.376 e. The van der Waals surface area contributed by atoms with Gasteiger partial charge in [-0.3, -0.25) is 9.10 Å². The fraction of sp³-hybridized carbons (Fsp3) is 0.480. The molecule has 3 heterocycles. The number of anilines is 1. The van der Waals surface area contributed by atoms with Crippen molar-refractivity contribution in [3.05, 3.63) is 59.7 Å². The van der Waals surface area contributed by atoms with Crippen LogP contribution >= 0.6 is 0 Å². The minimum absolute atomic E-state index is 0.0445. The molecule has 3 unspecified atom stereocenters. The molecule has 2 aromatic rings. The molecule has 35 heavy (non-hydrogen) atoms. The molecular formula is C25H30N2O6S2. The van der Waals surface area contributed by atoms with Crippen LogP contribution in [0.3, 0.4) is 0 Å². The van der Waals surface area contributed by atoms with E-state index in [1.807, 2.05) is 25.1 Å². The highest BCUT2D eigenvalue weighted by Gasteiger charge is 2.38. The fourth-order valence-corrected chi connectivity index (χ4v) is 8.87. The predicted molar refractivity (Wildman–Crippen MR) is 133 cm³/mol. The number of hydrogen-bond donors (Lipinski definition) is 0. The third-order valence-corrected chi connectivity index (χ3v) is 10.8. The maximum absolute atomic E-state index is 13.7. The zero-order valence-electron chi connectivity index (χ0n) is 19.7. The Balaban J connectivity index is 1.46. The molecule has 3 aliphatic heterocycles. The number of ether oxygens (including phenoxy) is 1. The molecule has 0 radical (unpaired) electrons. The van der Waals surface area contributed by atoms with Gasteiger partial charge in [-0.25, -0.2) is 16.8 Å². The molecule has 0 saturated carbocycles. The topological polar surface area (TPSA) is 101 Å². The molecular weight excluding hydrogens is 488 g/mol. The summed E-state index contributed by atoms with van der Waals surface area (Å²) in [6.07, 6.45) is 2.57. The van der Waals surface area contributed by atoms with Gasteiger partial charge < -0.3 is 9.64 Å². The molecule has 2 aromatic carbocycles. The quantitative estimate of drug-likeness (QED) is 0.583. The lowest BCUT2D eigenvalue weighted by atomic mass is 10.1. The average molecular weight is 519 g/mol. The molecule has 188 valence electrons. The number of fused-ring (bicyclic) bond motifs is 1. The van der Waals surface area contributed by atoms with E-state index in [2.05, 4.69) is 0 Å². The zero-order chi connectivity index (χ0) is 24.8. The summed E-state index contributed by atoms with van der Waals surface area (Å²) in [6.45, 7) is 2.79. The third-order valence-electron chi connectivity index (χ3n) is 7.12. The van der Waals surface area contributed by atoms with Gasteiger partial charge in [-0.1, -0.05) is 24.3 Å². The zero-order valence-corrected chi connectivity index (χ0v) is 21.3. The first-order valence-electron chi connectivity index (χ1n) is 12.0. The molecule has 5 rings (SSSR count). The van der Waals surface area contributed by atoms with E-state index in [9.17, 15) is 21.6 Å². The summed E-state index contributed by atoms with van der Waals surface area (Å²) in [5.41, 5.74) is 1.86. The molecule has 0 spiro atoms. The van der Waals surface area contributed by atoms with Crippen molar-refractivity contribution >= 4 is 31.5 Å². The Morgan fingerprint density at radius 2 is 1.94 bits per heavy atom. The van der Waals surface area contributed by atoms with Gasteiger partial charge in [0.15, 0.2) is 9.84 Å². The molecule has 0 N–H and O–H groups in total. The normalized spacial score (nSPS) is 25.5. The lowest BCUT2D eigenvalue weighted by molar-refractivity contribution is 0.0441. The molecule has 8 nitrogen and oxygen atoms in total. The van der Waals surface area contributed by atoms with Crippen molar-refractivity contribution in [2.24, 2.45) is 0 Å². The van der Waals surface area contributed by atoms with E-state index in [4.69, 9.17) is 4.74 Å². The maximum atomic E-state index is 13.7. The summed E-state index contributed by atoms with van der Waals surface area (Å²) in [5.74, 6) is -0.395. The fourth-order valence-electron chi connectivity index (χ4n) is 5.40. The van der Waals surface area contributed by atoms with Gasteiger partial charge in [0.2, 0.25) is 0 Å². The summed E-state index contributed by atoms with van der Waals surface area (Å²) < 4.78 is 58.8. The summed E-state index contributed by atoms with van der Waals surface area (Å²) in [5, 5.41) is 0. The Morgan fingerprint density at radius 1 is 1.14 bits per heavy atom. The van der Waals surface area contributed by atoms with Crippen molar-refractivity contribution in [3.8, 4) is 0 Å². The van der Waals surface area contributed by atoms with Crippen LogP contribution in [-0.4, -0.2) is 70.5 Å². The average Bonchev–Trinajstić information content (AvgIpc) is 3.55. The first-order chi connectivity index (χ1) is 16.7.